The summed E-state index contributed by atoms with van der Waals surface area (Å²) in [7, 11) is 9.45. The number of nitrogens with two attached hydrogens (primary N) is 3. The number of Topliss-reactive ketones (excluding diaryl/α,β-unsaturated/α-hetero) is 1. The fourth-order valence-corrected chi connectivity index (χ4v) is 3.82. The lowest BCUT2D eigenvalue weighted by Crippen LogP contribution is -2.16. The molecular formula is C28H39Br2N3O7. The predicted octanol–water partition coefficient (Wildman–Crippen LogP) is 5.51. The zero-order valence-corrected chi connectivity index (χ0v) is 26.0. The molecule has 3 rings (SSSR count). The highest BCUT2D eigenvalue weighted by Crippen LogP contribution is 2.35. The number of ketones is 1. The van der Waals surface area contributed by atoms with Gasteiger partial charge in [-0.1, -0.05) is 23.4 Å². The number of hydrogen-bond acceptors (Lipinski definition) is 10. The van der Waals surface area contributed by atoms with Gasteiger partial charge in [-0.25, -0.2) is 0 Å². The monoisotopic (exact) mass is 687 g/mol. The van der Waals surface area contributed by atoms with Crippen LogP contribution in [-0.4, -0.2) is 55.0 Å². The van der Waals surface area contributed by atoms with Gasteiger partial charge in [0, 0.05) is 44.9 Å². The van der Waals surface area contributed by atoms with E-state index in [-0.39, 0.29) is 26.2 Å². The van der Waals surface area contributed by atoms with Crippen molar-refractivity contribution in [3.63, 3.8) is 0 Å². The van der Waals surface area contributed by atoms with E-state index in [1.165, 1.54) is 0 Å². The predicted molar refractivity (Wildman–Crippen MR) is 167 cm³/mol. The lowest BCUT2D eigenvalue weighted by atomic mass is 10.1. The molecule has 0 saturated heterocycles. The largest absolute Gasteiger partial charge is 0.493 e. The van der Waals surface area contributed by atoms with E-state index in [9.17, 15) is 4.79 Å². The zero-order chi connectivity index (χ0) is 29.5. The fraction of sp³-hybridized carbons (Fsp3) is 0.321. The Labute approximate surface area is 253 Å². The lowest BCUT2D eigenvalue weighted by Gasteiger charge is -2.11. The second kappa shape index (κ2) is 18.9. The summed E-state index contributed by atoms with van der Waals surface area (Å²) in [5.74, 6) is 3.86. The first-order chi connectivity index (χ1) is 18.6. The standard InChI is InChI=1S/C11H14BrNO3.C8H10BrNO2.C8H11NO2.CH4/c1-15-10-4-7(3-8(14)6-13)9(12)5-11(10)16-2;1-11-7-3-5(9)6(10)4-8(7)12-2;1-10-7-4-3-6(9)5-8(7)11-2;/h4-5H,3,6,13H2,1-2H3;3-4H,10H2,1-2H3;3-5H,9H2,1-2H3;1H4. The molecule has 3 aromatic carbocycles. The van der Waals surface area contributed by atoms with Crippen molar-refractivity contribution in [2.45, 2.75) is 13.8 Å². The van der Waals surface area contributed by atoms with Crippen molar-refractivity contribution in [1.29, 1.82) is 0 Å². The van der Waals surface area contributed by atoms with Crippen LogP contribution in [0.3, 0.4) is 0 Å². The molecule has 0 aromatic heterocycles. The van der Waals surface area contributed by atoms with Crippen molar-refractivity contribution in [1.82, 2.24) is 0 Å². The molecule has 0 heterocycles. The van der Waals surface area contributed by atoms with Crippen molar-refractivity contribution < 1.29 is 33.2 Å². The molecule has 0 amide bonds. The third-order valence-corrected chi connectivity index (χ3v) is 6.50. The summed E-state index contributed by atoms with van der Waals surface area (Å²) in [5.41, 5.74) is 18.6. The van der Waals surface area contributed by atoms with Crippen molar-refractivity contribution in [2.75, 3.05) is 60.7 Å². The van der Waals surface area contributed by atoms with Crippen LogP contribution in [-0.2, 0) is 11.2 Å². The summed E-state index contributed by atoms with van der Waals surface area (Å²) in [6.45, 7) is 0.0424. The van der Waals surface area contributed by atoms with E-state index in [4.69, 9.17) is 45.6 Å². The molecule has 222 valence electrons. The number of methoxy groups -OCH3 is 6. The average Bonchev–Trinajstić information content (AvgIpc) is 2.95. The highest BCUT2D eigenvalue weighted by atomic mass is 79.9. The van der Waals surface area contributed by atoms with Gasteiger partial charge < -0.3 is 45.6 Å². The summed E-state index contributed by atoms with van der Waals surface area (Å²) in [6.07, 6.45) is 0.289. The molecule has 3 aromatic rings. The second-order valence-corrected chi connectivity index (χ2v) is 9.27. The normalized spacial score (nSPS) is 9.43. The van der Waals surface area contributed by atoms with Crippen molar-refractivity contribution in [3.8, 4) is 34.5 Å². The van der Waals surface area contributed by atoms with Crippen LogP contribution in [0.1, 0.15) is 13.0 Å². The SMILES string of the molecule is C.COc1cc(Br)c(CC(=O)CN)cc1OC.COc1cc(N)c(Br)cc1OC.COc1ccc(N)cc1OC. The van der Waals surface area contributed by atoms with E-state index >= 15 is 0 Å². The van der Waals surface area contributed by atoms with E-state index in [0.717, 1.165) is 14.5 Å². The number of benzene rings is 3. The molecule has 0 aliphatic heterocycles. The minimum Gasteiger partial charge on any atom is -0.493 e. The second-order valence-electron chi connectivity index (χ2n) is 7.56. The van der Waals surface area contributed by atoms with Gasteiger partial charge in [-0.3, -0.25) is 4.79 Å². The molecule has 0 radical (unpaired) electrons. The Morgan fingerprint density at radius 1 is 0.650 bits per heavy atom. The molecule has 0 bridgehead atoms. The van der Waals surface area contributed by atoms with Crippen LogP contribution < -0.4 is 45.6 Å². The molecule has 0 unspecified atom stereocenters. The van der Waals surface area contributed by atoms with Crippen LogP contribution in [0.2, 0.25) is 0 Å². The Bertz CT molecular complexity index is 1200. The summed E-state index contributed by atoms with van der Waals surface area (Å²) in [6, 6.07) is 12.3. The van der Waals surface area contributed by atoms with Crippen molar-refractivity contribution >= 4 is 49.0 Å². The molecule has 40 heavy (non-hydrogen) atoms. The van der Waals surface area contributed by atoms with Crippen molar-refractivity contribution in [3.05, 3.63) is 57.0 Å². The summed E-state index contributed by atoms with van der Waals surface area (Å²) in [4.78, 5) is 11.3. The number of ether oxygens (including phenoxy) is 6. The molecule has 6 N–H and O–H groups in total. The smallest absolute Gasteiger partial charge is 0.162 e. The van der Waals surface area contributed by atoms with Crippen LogP contribution in [0.25, 0.3) is 0 Å². The Hall–Kier alpha value is -3.35. The maximum Gasteiger partial charge on any atom is 0.162 e. The van der Waals surface area contributed by atoms with Crippen molar-refractivity contribution in [2.24, 2.45) is 5.73 Å². The maximum atomic E-state index is 11.3. The molecule has 0 spiro atoms. The van der Waals surface area contributed by atoms with Gasteiger partial charge in [0.15, 0.2) is 40.3 Å². The minimum atomic E-state index is -0.0204. The first-order valence-electron chi connectivity index (χ1n) is 11.4. The highest BCUT2D eigenvalue weighted by Gasteiger charge is 2.12. The average molecular weight is 689 g/mol. The Kier molecular flexibility index (Phi) is 17.3. The molecule has 0 atom stereocenters. The molecular weight excluding hydrogens is 650 g/mol. The number of hydrogen-bond donors (Lipinski definition) is 3. The van der Waals surface area contributed by atoms with Crippen LogP contribution in [0.5, 0.6) is 34.5 Å². The number of rotatable bonds is 9. The topological polar surface area (TPSA) is 151 Å². The van der Waals surface area contributed by atoms with Crippen LogP contribution in [0.15, 0.2) is 51.4 Å². The quantitative estimate of drug-likeness (QED) is 0.246. The van der Waals surface area contributed by atoms with E-state index in [1.54, 1.807) is 85.1 Å². The molecule has 12 heteroatoms. The number of carbonyl (C=O) groups excluding carboxylic acids is 1. The molecule has 0 saturated carbocycles. The maximum absolute atomic E-state index is 11.3. The molecule has 0 fully saturated rings. The molecule has 0 aliphatic carbocycles. The highest BCUT2D eigenvalue weighted by molar-refractivity contribution is 9.11. The van der Waals surface area contributed by atoms with Gasteiger partial charge in [0.1, 0.15) is 0 Å². The van der Waals surface area contributed by atoms with Gasteiger partial charge in [0.05, 0.1) is 49.2 Å². The first kappa shape index (κ1) is 36.6. The van der Waals surface area contributed by atoms with E-state index in [2.05, 4.69) is 31.9 Å². The Morgan fingerprint density at radius 3 is 1.55 bits per heavy atom. The number of carbonyl (C=O) groups is 1. The fourth-order valence-electron chi connectivity index (χ4n) is 3.04. The Balaban J connectivity index is 0.000000575. The summed E-state index contributed by atoms with van der Waals surface area (Å²) >= 11 is 6.67. The van der Waals surface area contributed by atoms with E-state index in [0.29, 0.717) is 45.9 Å². The number of nitrogen functional groups attached to an aromatic ring is 2. The van der Waals surface area contributed by atoms with Gasteiger partial charge in [-0.2, -0.15) is 0 Å². The Morgan fingerprint density at radius 2 is 1.07 bits per heavy atom. The zero-order valence-electron chi connectivity index (χ0n) is 22.8. The third kappa shape index (κ3) is 11.0. The van der Waals surface area contributed by atoms with Gasteiger partial charge in [-0.05, 0) is 45.8 Å². The third-order valence-electron chi connectivity index (χ3n) is 5.08. The summed E-state index contributed by atoms with van der Waals surface area (Å²) < 4.78 is 32.0. The minimum absolute atomic E-state index is 0. The number of anilines is 2. The lowest BCUT2D eigenvalue weighted by molar-refractivity contribution is -0.117. The van der Waals surface area contributed by atoms with E-state index < -0.39 is 0 Å². The number of halogens is 2. The first-order valence-corrected chi connectivity index (χ1v) is 12.9. The molecule has 0 aliphatic rings. The van der Waals surface area contributed by atoms with Gasteiger partial charge in [-0.15, -0.1) is 0 Å². The van der Waals surface area contributed by atoms with Gasteiger partial charge in [0.2, 0.25) is 0 Å². The van der Waals surface area contributed by atoms with E-state index in [1.807, 2.05) is 0 Å². The van der Waals surface area contributed by atoms with Gasteiger partial charge in [0.25, 0.3) is 0 Å². The van der Waals surface area contributed by atoms with Crippen LogP contribution >= 0.6 is 31.9 Å². The van der Waals surface area contributed by atoms with Crippen LogP contribution in [0, 0.1) is 0 Å². The van der Waals surface area contributed by atoms with Gasteiger partial charge >= 0.3 is 0 Å². The van der Waals surface area contributed by atoms with Crippen LogP contribution in [0.4, 0.5) is 11.4 Å². The summed E-state index contributed by atoms with van der Waals surface area (Å²) in [5, 5.41) is 0. The molecule has 10 nitrogen and oxygen atoms in total.